The Bertz CT molecular complexity index is 521. The molecule has 0 bridgehead atoms. The first-order chi connectivity index (χ1) is 7.84. The van der Waals surface area contributed by atoms with Crippen molar-refractivity contribution in [1.82, 2.24) is 9.88 Å². The Balaban J connectivity index is 1.80. The number of amides is 1. The second kappa shape index (κ2) is 3.72. The van der Waals surface area contributed by atoms with Crippen LogP contribution in [0.5, 0.6) is 0 Å². The lowest BCUT2D eigenvalue weighted by molar-refractivity contribution is 0.0770. The van der Waals surface area contributed by atoms with Crippen LogP contribution in [0.2, 0.25) is 0 Å². The lowest BCUT2D eigenvalue weighted by atomic mass is 10.2. The number of pyridine rings is 1. The molecule has 80 valence electrons. The van der Waals surface area contributed by atoms with Gasteiger partial charge in [-0.2, -0.15) is 0 Å². The molecule has 4 heteroatoms. The van der Waals surface area contributed by atoms with E-state index in [0.717, 1.165) is 22.5 Å². The molecule has 2 aromatic heterocycles. The zero-order valence-corrected chi connectivity index (χ0v) is 9.41. The summed E-state index contributed by atoms with van der Waals surface area (Å²) in [5.74, 6) is 0.154. The third-order valence-electron chi connectivity index (χ3n) is 2.71. The molecule has 0 N–H and O–H groups in total. The molecule has 0 fully saturated rings. The van der Waals surface area contributed by atoms with Gasteiger partial charge in [0.1, 0.15) is 0 Å². The van der Waals surface area contributed by atoms with Crippen LogP contribution in [-0.2, 0) is 13.1 Å². The molecule has 16 heavy (non-hydrogen) atoms. The molecule has 1 amide bonds. The van der Waals surface area contributed by atoms with Crippen LogP contribution in [0.15, 0.2) is 36.0 Å². The first kappa shape index (κ1) is 9.54. The molecule has 0 atom stereocenters. The number of hydrogen-bond donors (Lipinski definition) is 0. The number of aromatic nitrogens is 1. The van der Waals surface area contributed by atoms with Crippen molar-refractivity contribution < 1.29 is 4.79 Å². The molecule has 3 heterocycles. The van der Waals surface area contributed by atoms with Gasteiger partial charge >= 0.3 is 0 Å². The number of thiophene rings is 1. The van der Waals surface area contributed by atoms with E-state index in [1.807, 2.05) is 28.5 Å². The highest BCUT2D eigenvalue weighted by molar-refractivity contribution is 7.12. The maximum atomic E-state index is 12.0. The number of rotatable bonds is 2. The second-order valence-electron chi connectivity index (χ2n) is 3.79. The lowest BCUT2D eigenvalue weighted by Crippen LogP contribution is -2.23. The fourth-order valence-electron chi connectivity index (χ4n) is 1.91. The monoisotopic (exact) mass is 230 g/mol. The van der Waals surface area contributed by atoms with Gasteiger partial charge in [0.05, 0.1) is 4.88 Å². The summed E-state index contributed by atoms with van der Waals surface area (Å²) in [6.07, 6.45) is 3.51. The van der Waals surface area contributed by atoms with Gasteiger partial charge in [-0.1, -0.05) is 0 Å². The molecule has 0 aromatic carbocycles. The molecular weight excluding hydrogens is 220 g/mol. The topological polar surface area (TPSA) is 33.2 Å². The Hall–Kier alpha value is -1.68. The molecule has 0 radical (unpaired) electrons. The SMILES string of the molecule is O=C1c2sccc2CN1Cc1ccncc1. The highest BCUT2D eigenvalue weighted by Crippen LogP contribution is 2.28. The smallest absolute Gasteiger partial charge is 0.264 e. The first-order valence-corrected chi connectivity index (χ1v) is 5.97. The van der Waals surface area contributed by atoms with Crippen LogP contribution < -0.4 is 0 Å². The Morgan fingerprint density at radius 2 is 2.12 bits per heavy atom. The van der Waals surface area contributed by atoms with Gasteiger partial charge in [-0.15, -0.1) is 11.3 Å². The van der Waals surface area contributed by atoms with E-state index in [0.29, 0.717) is 6.54 Å². The van der Waals surface area contributed by atoms with Crippen molar-refractivity contribution in [2.24, 2.45) is 0 Å². The van der Waals surface area contributed by atoms with Gasteiger partial charge in [0.25, 0.3) is 5.91 Å². The zero-order valence-electron chi connectivity index (χ0n) is 8.59. The summed E-state index contributed by atoms with van der Waals surface area (Å²) in [6.45, 7) is 1.41. The fourth-order valence-corrected chi connectivity index (χ4v) is 2.79. The van der Waals surface area contributed by atoms with E-state index in [2.05, 4.69) is 4.98 Å². The van der Waals surface area contributed by atoms with Gasteiger partial charge in [-0.05, 0) is 34.7 Å². The lowest BCUT2D eigenvalue weighted by Gasteiger charge is -2.15. The van der Waals surface area contributed by atoms with Gasteiger partial charge in [0.15, 0.2) is 0 Å². The quantitative estimate of drug-likeness (QED) is 0.793. The number of carbonyl (C=O) groups excluding carboxylic acids is 1. The Kier molecular flexibility index (Phi) is 2.22. The standard InChI is InChI=1S/C12H10N2OS/c15-12-11-10(3-6-16-11)8-14(12)7-9-1-4-13-5-2-9/h1-6H,7-8H2. The minimum Gasteiger partial charge on any atom is -0.329 e. The summed E-state index contributed by atoms with van der Waals surface area (Å²) in [4.78, 5) is 18.7. The minimum atomic E-state index is 0.154. The van der Waals surface area contributed by atoms with Crippen LogP contribution >= 0.6 is 11.3 Å². The highest BCUT2D eigenvalue weighted by atomic mass is 32.1. The summed E-state index contributed by atoms with van der Waals surface area (Å²) in [5.41, 5.74) is 2.28. The van der Waals surface area contributed by atoms with Crippen molar-refractivity contribution in [3.05, 3.63) is 52.0 Å². The predicted octanol–water partition coefficient (Wildman–Crippen LogP) is 2.30. The maximum absolute atomic E-state index is 12.0. The molecule has 3 nitrogen and oxygen atoms in total. The minimum absolute atomic E-state index is 0.154. The zero-order chi connectivity index (χ0) is 11.0. The average Bonchev–Trinajstić information content (AvgIpc) is 2.86. The van der Waals surface area contributed by atoms with E-state index in [-0.39, 0.29) is 5.91 Å². The van der Waals surface area contributed by atoms with E-state index >= 15 is 0 Å². The summed E-state index contributed by atoms with van der Waals surface area (Å²) in [5, 5.41) is 1.98. The molecule has 0 aliphatic carbocycles. The molecule has 2 aromatic rings. The van der Waals surface area contributed by atoms with E-state index in [1.54, 1.807) is 12.4 Å². The van der Waals surface area contributed by atoms with Crippen molar-refractivity contribution in [2.75, 3.05) is 0 Å². The molecular formula is C12H10N2OS. The number of nitrogens with zero attached hydrogens (tertiary/aromatic N) is 2. The van der Waals surface area contributed by atoms with Crippen molar-refractivity contribution >= 4 is 17.2 Å². The van der Waals surface area contributed by atoms with Crippen LogP contribution in [0, 0.1) is 0 Å². The van der Waals surface area contributed by atoms with E-state index < -0.39 is 0 Å². The summed E-state index contributed by atoms with van der Waals surface area (Å²) >= 11 is 1.53. The normalized spacial score (nSPS) is 14.2. The van der Waals surface area contributed by atoms with Crippen molar-refractivity contribution in [1.29, 1.82) is 0 Å². The maximum Gasteiger partial charge on any atom is 0.264 e. The Morgan fingerprint density at radius 1 is 1.31 bits per heavy atom. The average molecular weight is 230 g/mol. The number of hydrogen-bond acceptors (Lipinski definition) is 3. The van der Waals surface area contributed by atoms with Gasteiger partial charge in [0, 0.05) is 25.5 Å². The van der Waals surface area contributed by atoms with Crippen LogP contribution in [0.25, 0.3) is 0 Å². The van der Waals surface area contributed by atoms with Gasteiger partial charge < -0.3 is 4.90 Å². The van der Waals surface area contributed by atoms with Crippen LogP contribution in [0.1, 0.15) is 20.8 Å². The summed E-state index contributed by atoms with van der Waals surface area (Å²) in [7, 11) is 0. The van der Waals surface area contributed by atoms with Crippen LogP contribution in [-0.4, -0.2) is 15.8 Å². The van der Waals surface area contributed by atoms with Crippen LogP contribution in [0.4, 0.5) is 0 Å². The predicted molar refractivity (Wildman–Crippen MR) is 62.1 cm³/mol. The van der Waals surface area contributed by atoms with Crippen molar-refractivity contribution in [2.45, 2.75) is 13.1 Å². The molecule has 3 rings (SSSR count). The molecule has 0 saturated heterocycles. The van der Waals surface area contributed by atoms with Crippen molar-refractivity contribution in [3.63, 3.8) is 0 Å². The van der Waals surface area contributed by atoms with E-state index in [1.165, 1.54) is 11.3 Å². The van der Waals surface area contributed by atoms with E-state index in [4.69, 9.17) is 0 Å². The summed E-state index contributed by atoms with van der Waals surface area (Å²) < 4.78 is 0. The molecule has 0 unspecified atom stereocenters. The largest absolute Gasteiger partial charge is 0.329 e. The molecule has 1 aliphatic rings. The third kappa shape index (κ3) is 1.51. The summed E-state index contributed by atoms with van der Waals surface area (Å²) in [6, 6.07) is 5.92. The Labute approximate surface area is 97.4 Å². The van der Waals surface area contributed by atoms with Gasteiger partial charge in [-0.3, -0.25) is 9.78 Å². The molecule has 1 aliphatic heterocycles. The van der Waals surface area contributed by atoms with Gasteiger partial charge in [0.2, 0.25) is 0 Å². The molecule has 0 spiro atoms. The number of fused-ring (bicyclic) bond motifs is 1. The van der Waals surface area contributed by atoms with Crippen LogP contribution in [0.3, 0.4) is 0 Å². The number of carbonyl (C=O) groups is 1. The highest BCUT2D eigenvalue weighted by Gasteiger charge is 2.28. The van der Waals surface area contributed by atoms with Crippen molar-refractivity contribution in [3.8, 4) is 0 Å². The fraction of sp³-hybridized carbons (Fsp3) is 0.167. The second-order valence-corrected chi connectivity index (χ2v) is 4.71. The Morgan fingerprint density at radius 3 is 2.88 bits per heavy atom. The van der Waals surface area contributed by atoms with E-state index in [9.17, 15) is 4.79 Å². The molecule has 0 saturated carbocycles. The first-order valence-electron chi connectivity index (χ1n) is 5.09. The third-order valence-corrected chi connectivity index (χ3v) is 3.66. The van der Waals surface area contributed by atoms with Gasteiger partial charge in [-0.25, -0.2) is 0 Å².